The molecule has 0 bridgehead atoms. The summed E-state index contributed by atoms with van der Waals surface area (Å²) in [5.74, 6) is -0.446. The Kier molecular flexibility index (Phi) is 5.56. The van der Waals surface area contributed by atoms with Gasteiger partial charge in [-0.25, -0.2) is 9.07 Å². The van der Waals surface area contributed by atoms with Crippen molar-refractivity contribution in [1.82, 2.24) is 19.7 Å². The van der Waals surface area contributed by atoms with Gasteiger partial charge in [0.05, 0.1) is 23.5 Å². The minimum atomic E-state index is -0.539. The highest BCUT2D eigenvalue weighted by atomic mass is 19.1. The lowest BCUT2D eigenvalue weighted by atomic mass is 10.0. The van der Waals surface area contributed by atoms with E-state index in [1.54, 1.807) is 17.3 Å². The third-order valence-electron chi connectivity index (χ3n) is 5.40. The van der Waals surface area contributed by atoms with Crippen LogP contribution in [0.2, 0.25) is 0 Å². The number of rotatable bonds is 6. The van der Waals surface area contributed by atoms with Crippen molar-refractivity contribution in [3.63, 3.8) is 0 Å². The number of aryl methyl sites for hydroxylation is 1. The molecule has 8 heteroatoms. The standard InChI is InChI=1S/C22H22FN5O2/c23-16-4-6-17(7-5-16)28-22(24)18(14-26-28)21(30)19-2-1-13-27(19)20(29)8-3-15-9-11-25-12-10-15/h4-7,9-12,14,19H,1-3,8,13,24H2/t19-/m0/s1. The number of hydrogen-bond acceptors (Lipinski definition) is 5. The van der Waals surface area contributed by atoms with Gasteiger partial charge in [-0.15, -0.1) is 0 Å². The van der Waals surface area contributed by atoms with Crippen molar-refractivity contribution in [3.8, 4) is 5.69 Å². The molecule has 7 nitrogen and oxygen atoms in total. The third kappa shape index (κ3) is 3.94. The maximum absolute atomic E-state index is 13.2. The van der Waals surface area contributed by atoms with Gasteiger partial charge in [-0.05, 0) is 61.2 Å². The molecule has 2 aromatic heterocycles. The monoisotopic (exact) mass is 407 g/mol. The van der Waals surface area contributed by atoms with Gasteiger partial charge in [-0.3, -0.25) is 14.6 Å². The molecule has 1 amide bonds. The summed E-state index contributed by atoms with van der Waals surface area (Å²) in [7, 11) is 0. The molecule has 4 rings (SSSR count). The highest BCUT2D eigenvalue weighted by molar-refractivity contribution is 6.05. The maximum Gasteiger partial charge on any atom is 0.223 e. The molecule has 0 aliphatic carbocycles. The van der Waals surface area contributed by atoms with E-state index in [0.717, 1.165) is 12.0 Å². The number of Topliss-reactive ketones (excluding diaryl/α,β-unsaturated/α-hetero) is 1. The Labute approximate surface area is 173 Å². The third-order valence-corrected chi connectivity index (χ3v) is 5.40. The zero-order valence-electron chi connectivity index (χ0n) is 16.4. The van der Waals surface area contributed by atoms with Gasteiger partial charge in [0.15, 0.2) is 5.78 Å². The highest BCUT2D eigenvalue weighted by Crippen LogP contribution is 2.26. The smallest absolute Gasteiger partial charge is 0.223 e. The van der Waals surface area contributed by atoms with Crippen molar-refractivity contribution < 1.29 is 14.0 Å². The molecule has 0 radical (unpaired) electrons. The van der Waals surface area contributed by atoms with Crippen LogP contribution in [-0.2, 0) is 11.2 Å². The summed E-state index contributed by atoms with van der Waals surface area (Å²) in [6, 6.07) is 8.91. The molecule has 1 aliphatic heterocycles. The topological polar surface area (TPSA) is 94.1 Å². The number of ketones is 1. The van der Waals surface area contributed by atoms with Crippen LogP contribution in [0.25, 0.3) is 5.69 Å². The van der Waals surface area contributed by atoms with Crippen LogP contribution in [0.1, 0.15) is 35.2 Å². The number of carbonyl (C=O) groups is 2. The Hall–Kier alpha value is -3.55. The first-order chi connectivity index (χ1) is 14.5. The maximum atomic E-state index is 13.2. The molecule has 30 heavy (non-hydrogen) atoms. The zero-order valence-corrected chi connectivity index (χ0v) is 16.4. The largest absolute Gasteiger partial charge is 0.383 e. The summed E-state index contributed by atoms with van der Waals surface area (Å²) in [4.78, 5) is 31.6. The van der Waals surface area contributed by atoms with E-state index in [9.17, 15) is 14.0 Å². The number of pyridine rings is 1. The number of hydrogen-bond donors (Lipinski definition) is 1. The van der Waals surface area contributed by atoms with Gasteiger partial charge in [-0.1, -0.05) is 0 Å². The number of amides is 1. The van der Waals surface area contributed by atoms with Gasteiger partial charge in [0.2, 0.25) is 5.91 Å². The molecule has 2 N–H and O–H groups in total. The fourth-order valence-corrected chi connectivity index (χ4v) is 3.80. The predicted molar refractivity (Wildman–Crippen MR) is 110 cm³/mol. The molecule has 1 aliphatic rings. The molecule has 3 aromatic rings. The number of nitrogens with two attached hydrogens (primary N) is 1. The molecule has 1 fully saturated rings. The fraction of sp³-hybridized carbons (Fsp3) is 0.273. The first-order valence-corrected chi connectivity index (χ1v) is 9.86. The second-order valence-corrected chi connectivity index (χ2v) is 7.30. The number of carbonyl (C=O) groups excluding carboxylic acids is 2. The quantitative estimate of drug-likeness (QED) is 0.634. The van der Waals surface area contributed by atoms with Gasteiger partial charge in [-0.2, -0.15) is 5.10 Å². The summed E-state index contributed by atoms with van der Waals surface area (Å²) < 4.78 is 14.6. The molecule has 1 saturated heterocycles. The molecule has 0 saturated carbocycles. The normalized spacial score (nSPS) is 16.0. The number of nitrogens with zero attached hydrogens (tertiary/aromatic N) is 4. The van der Waals surface area contributed by atoms with Crippen molar-refractivity contribution in [3.05, 3.63) is 71.9 Å². The number of benzene rings is 1. The first-order valence-electron chi connectivity index (χ1n) is 9.86. The fourth-order valence-electron chi connectivity index (χ4n) is 3.80. The summed E-state index contributed by atoms with van der Waals surface area (Å²) in [6.07, 6.45) is 7.11. The van der Waals surface area contributed by atoms with E-state index in [1.807, 2.05) is 12.1 Å². The van der Waals surface area contributed by atoms with Crippen molar-refractivity contribution in [1.29, 1.82) is 0 Å². The van der Waals surface area contributed by atoms with E-state index in [2.05, 4.69) is 10.1 Å². The Morgan fingerprint density at radius 2 is 1.87 bits per heavy atom. The van der Waals surface area contributed by atoms with E-state index in [0.29, 0.717) is 31.5 Å². The lowest BCUT2D eigenvalue weighted by Crippen LogP contribution is -2.40. The van der Waals surface area contributed by atoms with Crippen LogP contribution < -0.4 is 5.73 Å². The van der Waals surface area contributed by atoms with Crippen molar-refractivity contribution >= 4 is 17.5 Å². The second kappa shape index (κ2) is 8.44. The van der Waals surface area contributed by atoms with Gasteiger partial charge >= 0.3 is 0 Å². The van der Waals surface area contributed by atoms with Crippen LogP contribution in [0.3, 0.4) is 0 Å². The van der Waals surface area contributed by atoms with E-state index in [-0.39, 0.29) is 28.9 Å². The molecule has 0 unspecified atom stereocenters. The van der Waals surface area contributed by atoms with Gasteiger partial charge < -0.3 is 10.6 Å². The second-order valence-electron chi connectivity index (χ2n) is 7.30. The van der Waals surface area contributed by atoms with Crippen molar-refractivity contribution in [2.45, 2.75) is 31.7 Å². The molecule has 1 atom stereocenters. The molecule has 154 valence electrons. The van der Waals surface area contributed by atoms with Crippen LogP contribution in [0.15, 0.2) is 55.0 Å². The molecular formula is C22H22FN5O2. The average molecular weight is 407 g/mol. The molecule has 0 spiro atoms. The van der Waals surface area contributed by atoms with Crippen LogP contribution >= 0.6 is 0 Å². The van der Waals surface area contributed by atoms with E-state index in [1.165, 1.54) is 35.1 Å². The summed E-state index contributed by atoms with van der Waals surface area (Å²) in [5.41, 5.74) is 8.04. The van der Waals surface area contributed by atoms with E-state index >= 15 is 0 Å². The number of aromatic nitrogens is 3. The minimum Gasteiger partial charge on any atom is -0.383 e. The van der Waals surface area contributed by atoms with Crippen molar-refractivity contribution in [2.75, 3.05) is 12.3 Å². The lowest BCUT2D eigenvalue weighted by Gasteiger charge is -2.23. The molecule has 1 aromatic carbocycles. The first kappa shape index (κ1) is 19.8. The Bertz CT molecular complexity index is 1050. The van der Waals surface area contributed by atoms with E-state index < -0.39 is 6.04 Å². The number of nitrogen functional groups attached to an aromatic ring is 1. The van der Waals surface area contributed by atoms with Crippen molar-refractivity contribution in [2.24, 2.45) is 0 Å². The SMILES string of the molecule is Nc1c(C(=O)[C@@H]2CCCN2C(=O)CCc2ccncc2)cnn1-c1ccc(F)cc1. The Morgan fingerprint density at radius 3 is 2.60 bits per heavy atom. The number of halogens is 1. The van der Waals surface area contributed by atoms with Gasteiger partial charge in [0.25, 0.3) is 0 Å². The summed E-state index contributed by atoms with van der Waals surface area (Å²) in [5, 5.41) is 4.19. The van der Waals surface area contributed by atoms with Crippen LogP contribution in [0, 0.1) is 5.82 Å². The Morgan fingerprint density at radius 1 is 1.13 bits per heavy atom. The van der Waals surface area contributed by atoms with Crippen LogP contribution in [0.5, 0.6) is 0 Å². The average Bonchev–Trinajstić information content (AvgIpc) is 3.40. The molecular weight excluding hydrogens is 385 g/mol. The Balaban J connectivity index is 1.48. The predicted octanol–water partition coefficient (Wildman–Crippen LogP) is 2.80. The van der Waals surface area contributed by atoms with Crippen LogP contribution in [-0.4, -0.2) is 43.9 Å². The lowest BCUT2D eigenvalue weighted by molar-refractivity contribution is -0.131. The van der Waals surface area contributed by atoms with Crippen LogP contribution in [0.4, 0.5) is 10.2 Å². The number of anilines is 1. The zero-order chi connectivity index (χ0) is 21.1. The van der Waals surface area contributed by atoms with E-state index in [4.69, 9.17) is 5.73 Å². The summed E-state index contributed by atoms with van der Waals surface area (Å²) >= 11 is 0. The summed E-state index contributed by atoms with van der Waals surface area (Å²) in [6.45, 7) is 0.553. The minimum absolute atomic E-state index is 0.0489. The molecule has 3 heterocycles. The highest BCUT2D eigenvalue weighted by Gasteiger charge is 2.35. The van der Waals surface area contributed by atoms with Gasteiger partial charge in [0.1, 0.15) is 11.6 Å². The number of likely N-dealkylation sites (tertiary alicyclic amines) is 1. The van der Waals surface area contributed by atoms with Gasteiger partial charge in [0, 0.05) is 25.4 Å².